The minimum absolute atomic E-state index is 0.134. The molecule has 0 spiro atoms. The first-order valence-corrected chi connectivity index (χ1v) is 11.2. The SMILES string of the molecule is C[C@@H]1CN(c2ncnc3c2C(C)(C)CN3)[C@@H](C)CN1C(=O)[C@@]1(F)CCS1(=O)=O. The quantitative estimate of drug-likeness (QED) is 0.778. The van der Waals surface area contributed by atoms with Crippen molar-refractivity contribution in [2.75, 3.05) is 35.6 Å². The molecular weight excluding hydrogens is 385 g/mol. The van der Waals surface area contributed by atoms with Crippen LogP contribution in [0.3, 0.4) is 0 Å². The number of fused-ring (bicyclic) bond motifs is 1. The van der Waals surface area contributed by atoms with Crippen LogP contribution in [0.1, 0.15) is 39.7 Å². The maximum atomic E-state index is 14.8. The Bertz CT molecular complexity index is 937. The van der Waals surface area contributed by atoms with Crippen LogP contribution in [0.25, 0.3) is 0 Å². The second-order valence-corrected chi connectivity index (χ2v) is 11.0. The molecular formula is C18H26FN5O3S. The number of piperazine rings is 1. The van der Waals surface area contributed by atoms with Crippen LogP contribution in [-0.2, 0) is 20.0 Å². The summed E-state index contributed by atoms with van der Waals surface area (Å²) in [6.45, 7) is 9.46. The molecule has 0 radical (unpaired) electrons. The molecule has 0 saturated carbocycles. The van der Waals surface area contributed by atoms with Gasteiger partial charge in [-0.05, 0) is 13.8 Å². The Morgan fingerprint density at radius 3 is 2.57 bits per heavy atom. The van der Waals surface area contributed by atoms with Crippen LogP contribution in [0.2, 0.25) is 0 Å². The number of carbonyl (C=O) groups is 1. The molecule has 2 fully saturated rings. The Labute approximate surface area is 164 Å². The number of halogens is 1. The molecule has 28 heavy (non-hydrogen) atoms. The predicted molar refractivity (Wildman–Crippen MR) is 104 cm³/mol. The molecule has 10 heteroatoms. The van der Waals surface area contributed by atoms with Crippen molar-refractivity contribution in [3.63, 3.8) is 0 Å². The van der Waals surface area contributed by atoms with Crippen LogP contribution >= 0.6 is 0 Å². The number of sulfone groups is 1. The summed E-state index contributed by atoms with van der Waals surface area (Å²) in [4.78, 5) is 25.1. The molecule has 154 valence electrons. The molecule has 1 aromatic heterocycles. The average molecular weight is 412 g/mol. The number of hydrogen-bond donors (Lipinski definition) is 1. The topological polar surface area (TPSA) is 95.5 Å². The fourth-order valence-corrected chi connectivity index (χ4v) is 5.63. The van der Waals surface area contributed by atoms with Crippen molar-refractivity contribution in [1.82, 2.24) is 14.9 Å². The first-order chi connectivity index (χ1) is 13.0. The number of aromatic nitrogens is 2. The van der Waals surface area contributed by atoms with Gasteiger partial charge in [-0.15, -0.1) is 0 Å². The molecule has 3 atom stereocenters. The second kappa shape index (κ2) is 6.01. The van der Waals surface area contributed by atoms with Gasteiger partial charge in [-0.25, -0.2) is 22.8 Å². The lowest BCUT2D eigenvalue weighted by Crippen LogP contribution is -2.66. The van der Waals surface area contributed by atoms with E-state index in [1.807, 2.05) is 13.8 Å². The van der Waals surface area contributed by atoms with Crippen LogP contribution in [0.4, 0.5) is 16.0 Å². The summed E-state index contributed by atoms with van der Waals surface area (Å²) in [5, 5.41) is 0.550. The number of amides is 1. The van der Waals surface area contributed by atoms with Gasteiger partial charge in [0.2, 0.25) is 0 Å². The molecule has 1 amide bonds. The minimum atomic E-state index is -4.00. The summed E-state index contributed by atoms with van der Waals surface area (Å²) in [5.74, 6) is 0.441. The van der Waals surface area contributed by atoms with Gasteiger partial charge >= 0.3 is 0 Å². The summed E-state index contributed by atoms with van der Waals surface area (Å²) >= 11 is 0. The van der Waals surface area contributed by atoms with E-state index in [1.54, 1.807) is 0 Å². The maximum absolute atomic E-state index is 14.8. The number of nitrogens with zero attached hydrogens (tertiary/aromatic N) is 4. The summed E-state index contributed by atoms with van der Waals surface area (Å²) in [5.41, 5.74) is 0.905. The van der Waals surface area contributed by atoms with E-state index in [1.165, 1.54) is 11.2 Å². The zero-order valence-electron chi connectivity index (χ0n) is 16.6. The number of rotatable bonds is 2. The summed E-state index contributed by atoms with van der Waals surface area (Å²) in [6.07, 6.45) is 1.27. The van der Waals surface area contributed by atoms with Crippen molar-refractivity contribution in [1.29, 1.82) is 0 Å². The third-order valence-electron chi connectivity index (χ3n) is 6.23. The fraction of sp³-hybridized carbons (Fsp3) is 0.722. The zero-order chi connectivity index (χ0) is 20.5. The average Bonchev–Trinajstić information content (AvgIpc) is 2.96. The van der Waals surface area contributed by atoms with Crippen molar-refractivity contribution < 1.29 is 17.6 Å². The molecule has 0 unspecified atom stereocenters. The Hall–Kier alpha value is -1.97. The molecule has 3 aliphatic rings. The molecule has 0 aliphatic carbocycles. The summed E-state index contributed by atoms with van der Waals surface area (Å²) in [7, 11) is -4.00. The predicted octanol–water partition coefficient (Wildman–Crippen LogP) is 1.09. The maximum Gasteiger partial charge on any atom is 0.288 e. The molecule has 1 N–H and O–H groups in total. The molecule has 8 nitrogen and oxygen atoms in total. The third-order valence-corrected chi connectivity index (χ3v) is 8.33. The summed E-state index contributed by atoms with van der Waals surface area (Å²) < 4.78 is 38.5. The van der Waals surface area contributed by atoms with E-state index in [0.29, 0.717) is 6.54 Å². The monoisotopic (exact) mass is 411 g/mol. The lowest BCUT2D eigenvalue weighted by Gasteiger charge is -2.47. The number of carbonyl (C=O) groups excluding carboxylic acids is 1. The normalized spacial score (nSPS) is 33.0. The number of alkyl halides is 1. The molecule has 4 rings (SSSR count). The van der Waals surface area contributed by atoms with Gasteiger partial charge in [0.25, 0.3) is 10.9 Å². The largest absolute Gasteiger partial charge is 0.369 e. The third kappa shape index (κ3) is 2.60. The Balaban J connectivity index is 1.61. The Kier molecular flexibility index (Phi) is 4.16. The molecule has 0 bridgehead atoms. The highest BCUT2D eigenvalue weighted by Gasteiger charge is 2.61. The highest BCUT2D eigenvalue weighted by atomic mass is 32.2. The van der Waals surface area contributed by atoms with Gasteiger partial charge in [0.15, 0.2) is 9.84 Å². The van der Waals surface area contributed by atoms with Gasteiger partial charge in [0.05, 0.1) is 5.75 Å². The molecule has 4 heterocycles. The standard InChI is InChI=1S/C18H26FN5O3S/c1-11-8-24(16(25)18(19)5-6-28(18,26)27)12(2)7-23(11)15-13-14(21-10-22-15)20-9-17(13,3)4/h10-12H,5-9H2,1-4H3,(H,20,21,22)/t11-,12+,18+/m0/s1. The van der Waals surface area contributed by atoms with Crippen LogP contribution in [-0.4, -0.2) is 71.7 Å². The lowest BCUT2D eigenvalue weighted by molar-refractivity contribution is -0.142. The van der Waals surface area contributed by atoms with E-state index in [0.717, 1.165) is 23.7 Å². The molecule has 1 aromatic rings. The van der Waals surface area contributed by atoms with Gasteiger partial charge in [-0.2, -0.15) is 0 Å². The minimum Gasteiger partial charge on any atom is -0.369 e. The number of nitrogens with one attached hydrogen (secondary N) is 1. The van der Waals surface area contributed by atoms with Crippen LogP contribution < -0.4 is 10.2 Å². The molecule has 2 saturated heterocycles. The Morgan fingerprint density at radius 1 is 1.25 bits per heavy atom. The van der Waals surface area contributed by atoms with Gasteiger partial charge in [0, 0.05) is 49.1 Å². The van der Waals surface area contributed by atoms with Crippen LogP contribution in [0.5, 0.6) is 0 Å². The van der Waals surface area contributed by atoms with Crippen molar-refractivity contribution in [3.8, 4) is 0 Å². The Morgan fingerprint density at radius 2 is 1.96 bits per heavy atom. The van der Waals surface area contributed by atoms with Crippen molar-refractivity contribution in [3.05, 3.63) is 11.9 Å². The van der Waals surface area contributed by atoms with E-state index in [9.17, 15) is 17.6 Å². The number of anilines is 2. The van der Waals surface area contributed by atoms with Gasteiger partial charge in [0.1, 0.15) is 18.0 Å². The van der Waals surface area contributed by atoms with E-state index in [-0.39, 0.29) is 36.2 Å². The van der Waals surface area contributed by atoms with E-state index >= 15 is 0 Å². The van der Waals surface area contributed by atoms with Crippen LogP contribution in [0.15, 0.2) is 6.33 Å². The first-order valence-electron chi connectivity index (χ1n) is 9.56. The van der Waals surface area contributed by atoms with E-state index < -0.39 is 20.7 Å². The van der Waals surface area contributed by atoms with Crippen molar-refractivity contribution in [2.24, 2.45) is 0 Å². The fourth-order valence-electron chi connectivity index (χ4n) is 4.35. The van der Waals surface area contributed by atoms with Crippen molar-refractivity contribution >= 4 is 27.4 Å². The van der Waals surface area contributed by atoms with Crippen LogP contribution in [0, 0.1) is 0 Å². The number of hydrogen-bond acceptors (Lipinski definition) is 7. The van der Waals surface area contributed by atoms with Gasteiger partial charge in [-0.1, -0.05) is 13.8 Å². The van der Waals surface area contributed by atoms with E-state index in [4.69, 9.17) is 0 Å². The highest BCUT2D eigenvalue weighted by Crippen LogP contribution is 2.42. The highest BCUT2D eigenvalue weighted by molar-refractivity contribution is 7.94. The molecule has 0 aromatic carbocycles. The summed E-state index contributed by atoms with van der Waals surface area (Å²) in [6, 6.07) is -0.475. The lowest BCUT2D eigenvalue weighted by atomic mass is 9.87. The van der Waals surface area contributed by atoms with E-state index in [2.05, 4.69) is 34.0 Å². The second-order valence-electron chi connectivity index (χ2n) is 8.76. The smallest absolute Gasteiger partial charge is 0.288 e. The van der Waals surface area contributed by atoms with Gasteiger partial charge in [-0.3, -0.25) is 4.79 Å². The van der Waals surface area contributed by atoms with Crippen molar-refractivity contribution in [2.45, 2.75) is 56.6 Å². The zero-order valence-corrected chi connectivity index (χ0v) is 17.4. The first kappa shape index (κ1) is 19.4. The van der Waals surface area contributed by atoms with Gasteiger partial charge < -0.3 is 15.1 Å². The molecule has 3 aliphatic heterocycles.